The van der Waals surface area contributed by atoms with Crippen molar-refractivity contribution in [3.63, 3.8) is 0 Å². The molecule has 1 aromatic heterocycles. The van der Waals surface area contributed by atoms with E-state index in [0.717, 1.165) is 0 Å². The highest BCUT2D eigenvalue weighted by Gasteiger charge is 2.26. The topological polar surface area (TPSA) is 38.1 Å². The van der Waals surface area contributed by atoms with Crippen LogP contribution >= 0.6 is 11.8 Å². The first-order valence-electron chi connectivity index (χ1n) is 8.09. The van der Waals surface area contributed by atoms with Crippen LogP contribution in [0.15, 0.2) is 41.8 Å². The summed E-state index contributed by atoms with van der Waals surface area (Å²) in [6.07, 6.45) is 3.43. The van der Waals surface area contributed by atoms with Gasteiger partial charge in [0, 0.05) is 24.5 Å². The fraction of sp³-hybridized carbons (Fsp3) is 0.444. The first-order valence-corrected chi connectivity index (χ1v) is 8.97. The molecule has 1 amide bonds. The van der Waals surface area contributed by atoms with Crippen molar-refractivity contribution >= 4 is 17.7 Å². The highest BCUT2D eigenvalue weighted by atomic mass is 32.2. The molecule has 1 heterocycles. The number of hydrogen-bond donors (Lipinski definition) is 0. The molecule has 0 N–H and O–H groups in total. The van der Waals surface area contributed by atoms with Crippen LogP contribution in [0.5, 0.6) is 0 Å². The van der Waals surface area contributed by atoms with Gasteiger partial charge < -0.3 is 4.90 Å². The number of benzene rings is 1. The lowest BCUT2D eigenvalue weighted by Gasteiger charge is -2.32. The molecule has 0 aliphatic carbocycles. The van der Waals surface area contributed by atoms with Crippen LogP contribution in [0.2, 0.25) is 0 Å². The third-order valence-corrected chi connectivity index (χ3v) is 4.76. The lowest BCUT2D eigenvalue weighted by molar-refractivity contribution is -0.133. The van der Waals surface area contributed by atoms with E-state index in [1.807, 2.05) is 45.6 Å². The van der Waals surface area contributed by atoms with Crippen molar-refractivity contribution in [3.05, 3.63) is 42.5 Å². The first kappa shape index (κ1) is 18.5. The summed E-state index contributed by atoms with van der Waals surface area (Å²) in [5.41, 5.74) is 0.694. The van der Waals surface area contributed by atoms with Crippen molar-refractivity contribution in [1.29, 1.82) is 0 Å². The zero-order valence-corrected chi connectivity index (χ0v) is 15.5. The number of hydrogen-bond acceptors (Lipinski definition) is 3. The largest absolute Gasteiger partial charge is 0.337 e. The lowest BCUT2D eigenvalue weighted by Crippen LogP contribution is -2.45. The average Bonchev–Trinajstić information content (AvgIpc) is 2.94. The Labute approximate surface area is 147 Å². The fourth-order valence-corrected chi connectivity index (χ4v) is 3.66. The third kappa shape index (κ3) is 4.17. The van der Waals surface area contributed by atoms with Gasteiger partial charge in [-0.2, -0.15) is 0 Å². The second-order valence-electron chi connectivity index (χ2n) is 6.25. The van der Waals surface area contributed by atoms with Gasteiger partial charge in [0.05, 0.1) is 10.9 Å². The average molecular weight is 349 g/mol. The van der Waals surface area contributed by atoms with Gasteiger partial charge in [0.25, 0.3) is 0 Å². The zero-order valence-electron chi connectivity index (χ0n) is 14.7. The molecule has 2 aromatic rings. The van der Waals surface area contributed by atoms with Gasteiger partial charge >= 0.3 is 0 Å². The Kier molecular flexibility index (Phi) is 6.04. The van der Waals surface area contributed by atoms with Crippen molar-refractivity contribution in [2.24, 2.45) is 0 Å². The molecule has 0 saturated carbocycles. The maximum Gasteiger partial charge on any atom is 0.236 e. The summed E-state index contributed by atoms with van der Waals surface area (Å²) in [7, 11) is 0. The molecule has 0 radical (unpaired) electrons. The number of halogens is 1. The number of thioether (sulfide) groups is 1. The van der Waals surface area contributed by atoms with Gasteiger partial charge in [0.1, 0.15) is 5.82 Å². The van der Waals surface area contributed by atoms with Crippen LogP contribution in [0, 0.1) is 5.82 Å². The van der Waals surface area contributed by atoms with Crippen molar-refractivity contribution in [2.75, 3.05) is 0 Å². The summed E-state index contributed by atoms with van der Waals surface area (Å²) in [4.78, 5) is 19.0. The SMILES string of the molecule is CC(Sc1nccn1-c1cccc(F)c1)C(=O)N(C(C)C)C(C)C. The van der Waals surface area contributed by atoms with E-state index in [1.165, 1.54) is 23.9 Å². The lowest BCUT2D eigenvalue weighted by atomic mass is 10.2. The predicted molar refractivity (Wildman–Crippen MR) is 96.0 cm³/mol. The van der Waals surface area contributed by atoms with Crippen molar-refractivity contribution in [2.45, 2.75) is 57.1 Å². The second kappa shape index (κ2) is 7.83. The molecule has 0 aliphatic heterocycles. The van der Waals surface area contributed by atoms with E-state index in [9.17, 15) is 9.18 Å². The molecule has 1 unspecified atom stereocenters. The van der Waals surface area contributed by atoms with Crippen LogP contribution in [0.4, 0.5) is 4.39 Å². The van der Waals surface area contributed by atoms with E-state index in [-0.39, 0.29) is 29.1 Å². The van der Waals surface area contributed by atoms with Gasteiger partial charge in [-0.15, -0.1) is 0 Å². The zero-order chi connectivity index (χ0) is 17.9. The Balaban J connectivity index is 2.20. The fourth-order valence-electron chi connectivity index (χ4n) is 2.72. The molecular weight excluding hydrogens is 325 g/mol. The second-order valence-corrected chi connectivity index (χ2v) is 7.56. The van der Waals surface area contributed by atoms with Crippen LogP contribution in [0.3, 0.4) is 0 Å². The molecule has 1 aromatic carbocycles. The Bertz CT molecular complexity index is 691. The summed E-state index contributed by atoms with van der Waals surface area (Å²) < 4.78 is 15.3. The smallest absolute Gasteiger partial charge is 0.236 e. The van der Waals surface area contributed by atoms with Crippen LogP contribution in [-0.2, 0) is 4.79 Å². The van der Waals surface area contributed by atoms with Crippen LogP contribution < -0.4 is 0 Å². The molecular formula is C18H24FN3OS. The minimum Gasteiger partial charge on any atom is -0.337 e. The minimum absolute atomic E-state index is 0.0822. The van der Waals surface area contributed by atoms with Crippen LogP contribution in [-0.4, -0.2) is 37.7 Å². The van der Waals surface area contributed by atoms with E-state index in [0.29, 0.717) is 10.8 Å². The van der Waals surface area contributed by atoms with Gasteiger partial charge in [0.2, 0.25) is 5.91 Å². The molecule has 130 valence electrons. The molecule has 0 bridgehead atoms. The van der Waals surface area contributed by atoms with Crippen molar-refractivity contribution in [3.8, 4) is 5.69 Å². The Morgan fingerprint density at radius 2 is 1.88 bits per heavy atom. The van der Waals surface area contributed by atoms with Crippen LogP contribution in [0.25, 0.3) is 5.69 Å². The molecule has 0 spiro atoms. The van der Waals surface area contributed by atoms with Gasteiger partial charge in [-0.1, -0.05) is 17.8 Å². The number of aromatic nitrogens is 2. The summed E-state index contributed by atoms with van der Waals surface area (Å²) in [5.74, 6) is -0.217. The minimum atomic E-state index is -0.299. The predicted octanol–water partition coefficient (Wildman–Crippen LogP) is 4.14. The van der Waals surface area contributed by atoms with E-state index >= 15 is 0 Å². The van der Waals surface area contributed by atoms with Crippen LogP contribution in [0.1, 0.15) is 34.6 Å². The van der Waals surface area contributed by atoms with Crippen molar-refractivity contribution < 1.29 is 9.18 Å². The highest BCUT2D eigenvalue weighted by molar-refractivity contribution is 8.00. The molecule has 6 heteroatoms. The number of nitrogens with zero attached hydrogens (tertiary/aromatic N) is 3. The molecule has 0 aliphatic rings. The first-order chi connectivity index (χ1) is 11.3. The Morgan fingerprint density at radius 3 is 2.46 bits per heavy atom. The molecule has 0 saturated heterocycles. The van der Waals surface area contributed by atoms with Gasteiger partial charge in [-0.3, -0.25) is 9.36 Å². The molecule has 24 heavy (non-hydrogen) atoms. The maximum absolute atomic E-state index is 13.5. The van der Waals surface area contributed by atoms with E-state index in [4.69, 9.17) is 0 Å². The van der Waals surface area contributed by atoms with E-state index in [2.05, 4.69) is 4.98 Å². The number of imidazole rings is 1. The summed E-state index contributed by atoms with van der Waals surface area (Å²) in [5, 5.41) is 0.401. The standard InChI is InChI=1S/C18H24FN3OS/c1-12(2)22(13(3)4)17(23)14(5)24-18-20-9-10-21(18)16-8-6-7-15(19)11-16/h6-14H,1-5H3. The Morgan fingerprint density at radius 1 is 1.21 bits per heavy atom. The molecule has 4 nitrogen and oxygen atoms in total. The molecule has 2 rings (SSSR count). The monoisotopic (exact) mass is 349 g/mol. The number of carbonyl (C=O) groups excluding carboxylic acids is 1. The van der Waals surface area contributed by atoms with Gasteiger partial charge in [0.15, 0.2) is 5.16 Å². The van der Waals surface area contributed by atoms with Gasteiger partial charge in [-0.05, 0) is 52.8 Å². The van der Waals surface area contributed by atoms with Gasteiger partial charge in [-0.25, -0.2) is 9.37 Å². The number of carbonyl (C=O) groups is 1. The number of rotatable bonds is 6. The molecule has 1 atom stereocenters. The third-order valence-electron chi connectivity index (χ3n) is 3.69. The summed E-state index contributed by atoms with van der Waals surface area (Å²) >= 11 is 1.39. The van der Waals surface area contributed by atoms with E-state index in [1.54, 1.807) is 23.0 Å². The molecule has 0 fully saturated rings. The highest BCUT2D eigenvalue weighted by Crippen LogP contribution is 2.27. The maximum atomic E-state index is 13.5. The number of amides is 1. The Hall–Kier alpha value is -1.82. The summed E-state index contributed by atoms with van der Waals surface area (Å²) in [6, 6.07) is 6.62. The summed E-state index contributed by atoms with van der Waals surface area (Å²) in [6.45, 7) is 9.95. The quantitative estimate of drug-likeness (QED) is 0.736. The van der Waals surface area contributed by atoms with E-state index < -0.39 is 0 Å². The van der Waals surface area contributed by atoms with Crippen molar-refractivity contribution in [1.82, 2.24) is 14.5 Å². The normalized spacial score (nSPS) is 12.7.